The summed E-state index contributed by atoms with van der Waals surface area (Å²) in [6, 6.07) is 85.6. The molecule has 0 saturated carbocycles. The Morgan fingerprint density at radius 2 is 0.762 bits per heavy atom. The molecule has 2 heterocycles. The minimum absolute atomic E-state index is 0.0402. The second kappa shape index (κ2) is 24.4. The second-order valence-electron chi connectivity index (χ2n) is 34.6. The van der Waals surface area contributed by atoms with Crippen molar-refractivity contribution in [2.75, 3.05) is 0 Å². The molecule has 2 heteroatoms. The maximum absolute atomic E-state index is 7.19. The summed E-state index contributed by atoms with van der Waals surface area (Å²) in [5, 5.41) is 4.83. The minimum Gasteiger partial charge on any atom is -0.456 e. The van der Waals surface area contributed by atoms with E-state index in [2.05, 4.69) is 295 Å². The quantitative estimate of drug-likeness (QED) is 0.0754. The van der Waals surface area contributed by atoms with Crippen molar-refractivity contribution in [1.82, 2.24) is 0 Å². The molecule has 0 bridgehead atoms. The first-order valence-electron chi connectivity index (χ1n) is 39.9. The lowest BCUT2D eigenvalue weighted by Crippen LogP contribution is -2.25. The van der Waals surface area contributed by atoms with Crippen LogP contribution in [0.2, 0.25) is 0 Å². The summed E-state index contributed by atoms with van der Waals surface area (Å²) in [6.45, 7) is 26.5. The van der Waals surface area contributed by atoms with E-state index in [1.807, 2.05) is 0 Å². The number of hydrogen-bond acceptors (Lipinski definition) is 2. The fraction of sp³-hybridized carbons (Fsp3) is 0.301. The standard InChI is InChI=1S/C103H98O2/c1-12-14-16-18-26-50-103(51-27-19-17-15-13-2)81-31-23-20-28-70(81)73-46-41-67(57-89(73)103)66-40-45-71-72-47-42-68(58-86(72)101(8,9)85(71)56-66)78-59-90-94(97-77-30-22-25-33-92(77)105-98(78)97)75-44-37-64(55-84(75)102(90,10)11)53-69(65-38-34-62(3)35-39-65)52-63-36-43-74-79-60-88-80(61-87(79)100(6,7)83(74)54-63)95-82(99(88,4)5)48-49-93-96(95)76-29-21-24-32-91(76)104-93/h20-25,28-49,54-61,69H,12-19,26-27,50-53H2,1-11H3. The Kier molecular flexibility index (Phi) is 15.3. The lowest BCUT2D eigenvalue weighted by Gasteiger charge is -2.33. The number of hydrogen-bond donors (Lipinski definition) is 0. The summed E-state index contributed by atoms with van der Waals surface area (Å²) in [5.41, 5.74) is 41.4. The van der Waals surface area contributed by atoms with Crippen molar-refractivity contribution in [3.8, 4) is 77.9 Å². The number of unbranched alkanes of at least 4 members (excludes halogenated alkanes) is 8. The monoisotopic (exact) mass is 1370 g/mol. The average molecular weight is 1370 g/mol. The van der Waals surface area contributed by atoms with Crippen LogP contribution in [-0.4, -0.2) is 0 Å². The van der Waals surface area contributed by atoms with Gasteiger partial charge in [-0.05, 0) is 238 Å². The molecule has 5 aliphatic carbocycles. The summed E-state index contributed by atoms with van der Waals surface area (Å²) in [7, 11) is 0. The smallest absolute Gasteiger partial charge is 0.143 e. The van der Waals surface area contributed by atoms with Crippen molar-refractivity contribution in [2.24, 2.45) is 0 Å². The van der Waals surface area contributed by atoms with Crippen LogP contribution >= 0.6 is 0 Å². The van der Waals surface area contributed by atoms with E-state index in [-0.39, 0.29) is 33.0 Å². The van der Waals surface area contributed by atoms with Crippen LogP contribution in [0.3, 0.4) is 0 Å². The van der Waals surface area contributed by atoms with Crippen molar-refractivity contribution < 1.29 is 8.83 Å². The van der Waals surface area contributed by atoms with Gasteiger partial charge < -0.3 is 8.83 Å². The van der Waals surface area contributed by atoms with Crippen LogP contribution in [0.25, 0.3) is 122 Å². The van der Waals surface area contributed by atoms with Crippen molar-refractivity contribution in [3.63, 3.8) is 0 Å². The predicted octanol–water partition coefficient (Wildman–Crippen LogP) is 28.9. The Hall–Kier alpha value is -9.76. The van der Waals surface area contributed by atoms with Crippen LogP contribution in [0.15, 0.2) is 227 Å². The van der Waals surface area contributed by atoms with E-state index in [1.54, 1.807) is 11.1 Å². The summed E-state index contributed by atoms with van der Waals surface area (Å²) < 4.78 is 13.7. The number of para-hydroxylation sites is 2. The molecule has 2 aromatic heterocycles. The number of rotatable bonds is 19. The van der Waals surface area contributed by atoms with Gasteiger partial charge in [0.25, 0.3) is 0 Å². The molecule has 0 spiro atoms. The zero-order valence-corrected chi connectivity index (χ0v) is 63.6. The van der Waals surface area contributed by atoms with Gasteiger partial charge in [0.1, 0.15) is 22.3 Å². The predicted molar refractivity (Wildman–Crippen MR) is 443 cm³/mol. The molecule has 5 aliphatic rings. The van der Waals surface area contributed by atoms with Crippen LogP contribution in [-0.2, 0) is 39.9 Å². The SMILES string of the molecule is CCCCCCCC1(CCCCCCC)c2ccccc2-c2ccc(-c3ccc4c(c3)C(C)(C)c3cc(-c5cc6c(c7c5oc5ccccc57)-c5ccc(CC(Cc7ccc8c(c7)C(C)(C)c7cc9c(cc7-8)C(C)(C)c7ccc8oc%10ccccc%10c8c7-9)c7ccc(C)cc7)cc5C6(C)C)ccc3-4)cc21. The first kappa shape index (κ1) is 66.0. The molecule has 0 saturated heterocycles. The third-order valence-corrected chi connectivity index (χ3v) is 26.9. The Morgan fingerprint density at radius 1 is 0.305 bits per heavy atom. The second-order valence-corrected chi connectivity index (χ2v) is 34.6. The average Bonchev–Trinajstić information content (AvgIpc) is 1.54. The Bertz CT molecular complexity index is 5890. The molecule has 19 rings (SSSR count). The first-order valence-corrected chi connectivity index (χ1v) is 39.9. The van der Waals surface area contributed by atoms with E-state index in [0.29, 0.717) is 0 Å². The lowest BCUT2D eigenvalue weighted by atomic mass is 9.70. The normalized spacial score (nSPS) is 16.1. The fourth-order valence-corrected chi connectivity index (χ4v) is 21.1. The van der Waals surface area contributed by atoms with Gasteiger partial charge in [0.05, 0.1) is 0 Å². The molecule has 1 unspecified atom stereocenters. The number of fused-ring (bicyclic) bond motifs is 23. The zero-order valence-electron chi connectivity index (χ0n) is 63.6. The van der Waals surface area contributed by atoms with Gasteiger partial charge in [0.2, 0.25) is 0 Å². The Morgan fingerprint density at radius 3 is 1.43 bits per heavy atom. The summed E-state index contributed by atoms with van der Waals surface area (Å²) in [4.78, 5) is 0. The highest BCUT2D eigenvalue weighted by molar-refractivity contribution is 6.19. The summed E-state index contributed by atoms with van der Waals surface area (Å²) in [6.07, 6.45) is 17.3. The van der Waals surface area contributed by atoms with Crippen molar-refractivity contribution in [1.29, 1.82) is 0 Å². The fourth-order valence-electron chi connectivity index (χ4n) is 21.1. The van der Waals surface area contributed by atoms with E-state index < -0.39 is 0 Å². The Labute approximate surface area is 622 Å². The number of benzene rings is 12. The number of aryl methyl sites for hydroxylation is 1. The van der Waals surface area contributed by atoms with Crippen molar-refractivity contribution in [3.05, 3.63) is 296 Å². The molecule has 0 amide bonds. The molecule has 12 aromatic carbocycles. The van der Waals surface area contributed by atoms with Gasteiger partial charge in [-0.25, -0.2) is 0 Å². The summed E-state index contributed by atoms with van der Waals surface area (Å²) in [5.74, 6) is 0.258. The van der Waals surface area contributed by atoms with Gasteiger partial charge >= 0.3 is 0 Å². The molecule has 522 valence electrons. The number of furan rings is 2. The molecule has 0 fully saturated rings. The van der Waals surface area contributed by atoms with Gasteiger partial charge in [-0.2, -0.15) is 0 Å². The molecule has 1 atom stereocenters. The van der Waals surface area contributed by atoms with Crippen LogP contribution in [0.5, 0.6) is 0 Å². The van der Waals surface area contributed by atoms with Crippen molar-refractivity contribution >= 4 is 43.9 Å². The van der Waals surface area contributed by atoms with Crippen LogP contribution in [0.4, 0.5) is 0 Å². The van der Waals surface area contributed by atoms with Gasteiger partial charge in [-0.3, -0.25) is 0 Å². The van der Waals surface area contributed by atoms with Crippen LogP contribution < -0.4 is 0 Å². The minimum atomic E-state index is -0.288. The molecule has 0 radical (unpaired) electrons. The van der Waals surface area contributed by atoms with Crippen molar-refractivity contribution in [2.45, 2.75) is 199 Å². The maximum Gasteiger partial charge on any atom is 0.143 e. The molecule has 2 nitrogen and oxygen atoms in total. The highest BCUT2D eigenvalue weighted by Gasteiger charge is 2.46. The third-order valence-electron chi connectivity index (χ3n) is 26.9. The highest BCUT2D eigenvalue weighted by Crippen LogP contribution is 2.62. The molecule has 0 N–H and O–H groups in total. The zero-order chi connectivity index (χ0) is 71.6. The van der Waals surface area contributed by atoms with Crippen LogP contribution in [0.1, 0.15) is 230 Å². The van der Waals surface area contributed by atoms with E-state index in [9.17, 15) is 0 Å². The van der Waals surface area contributed by atoms with E-state index in [4.69, 9.17) is 8.83 Å². The molecular formula is C103H98O2. The van der Waals surface area contributed by atoms with E-state index in [0.717, 1.165) is 40.7 Å². The summed E-state index contributed by atoms with van der Waals surface area (Å²) >= 11 is 0. The van der Waals surface area contributed by atoms with Gasteiger partial charge in [0.15, 0.2) is 0 Å². The highest BCUT2D eigenvalue weighted by atomic mass is 16.3. The van der Waals surface area contributed by atoms with E-state index in [1.165, 1.54) is 238 Å². The maximum atomic E-state index is 7.19. The molecule has 0 aliphatic heterocycles. The van der Waals surface area contributed by atoms with E-state index >= 15 is 0 Å². The topological polar surface area (TPSA) is 26.3 Å². The molecular weight excluding hydrogens is 1270 g/mol. The molecule has 105 heavy (non-hydrogen) atoms. The van der Waals surface area contributed by atoms with Gasteiger partial charge in [-0.15, -0.1) is 0 Å². The largest absolute Gasteiger partial charge is 0.456 e. The van der Waals surface area contributed by atoms with Crippen LogP contribution in [0, 0.1) is 6.92 Å². The Balaban J connectivity index is 0.641. The van der Waals surface area contributed by atoms with Gasteiger partial charge in [-0.1, -0.05) is 303 Å². The third kappa shape index (κ3) is 9.99. The molecule has 14 aromatic rings. The first-order chi connectivity index (χ1) is 50.9. The van der Waals surface area contributed by atoms with Gasteiger partial charge in [0, 0.05) is 54.2 Å². The lowest BCUT2D eigenvalue weighted by molar-refractivity contribution is 0.399.